The van der Waals surface area contributed by atoms with Gasteiger partial charge in [0, 0.05) is 39.6 Å². The molecule has 6 nitrogen and oxygen atoms in total. The molecule has 0 atom stereocenters. The lowest BCUT2D eigenvalue weighted by atomic mass is 9.97. The maximum atomic E-state index is 12.7. The lowest BCUT2D eigenvalue weighted by molar-refractivity contribution is -0.118. The van der Waals surface area contributed by atoms with E-state index in [-0.39, 0.29) is 17.5 Å². The molecule has 0 aromatic heterocycles. The van der Waals surface area contributed by atoms with Crippen molar-refractivity contribution < 1.29 is 14.3 Å². The second-order valence-electron chi connectivity index (χ2n) is 7.61. The normalized spacial score (nSPS) is 17.8. The van der Waals surface area contributed by atoms with Crippen LogP contribution >= 0.6 is 0 Å². The zero-order chi connectivity index (χ0) is 20.5. The topological polar surface area (TPSA) is 74.6 Å². The van der Waals surface area contributed by atoms with Crippen LogP contribution in [-0.4, -0.2) is 57.4 Å². The minimum atomic E-state index is -0.264. The molecule has 1 amide bonds. The zero-order valence-electron chi connectivity index (χ0n) is 17.9. The van der Waals surface area contributed by atoms with Crippen LogP contribution in [0.4, 0.5) is 0 Å². The molecule has 1 rings (SSSR count). The molecule has 1 fully saturated rings. The van der Waals surface area contributed by atoms with Crippen LogP contribution in [0.5, 0.6) is 0 Å². The third-order valence-corrected chi connectivity index (χ3v) is 5.28. The van der Waals surface area contributed by atoms with Gasteiger partial charge in [0.2, 0.25) is 0 Å². The van der Waals surface area contributed by atoms with Gasteiger partial charge < -0.3 is 19.7 Å². The smallest absolute Gasteiger partial charge is 0.263 e. The first kappa shape index (κ1) is 24.5. The van der Waals surface area contributed by atoms with E-state index in [0.717, 1.165) is 25.7 Å². The number of ether oxygens (including phenoxy) is 2. The molecule has 0 heterocycles. The Kier molecular flexibility index (Phi) is 14.3. The van der Waals surface area contributed by atoms with E-state index in [1.807, 2.05) is 4.90 Å². The Labute approximate surface area is 171 Å². The fourth-order valence-electron chi connectivity index (χ4n) is 3.55. The summed E-state index contributed by atoms with van der Waals surface area (Å²) in [4.78, 5) is 14.6. The van der Waals surface area contributed by atoms with Crippen LogP contribution in [0.1, 0.15) is 70.6 Å². The summed E-state index contributed by atoms with van der Waals surface area (Å²) in [6, 6.07) is 2.23. The van der Waals surface area contributed by atoms with Gasteiger partial charge in [-0.1, -0.05) is 57.8 Å². The van der Waals surface area contributed by atoms with Gasteiger partial charge >= 0.3 is 0 Å². The van der Waals surface area contributed by atoms with Crippen molar-refractivity contribution >= 4 is 5.91 Å². The minimum absolute atomic E-state index is 0.151. The maximum Gasteiger partial charge on any atom is 0.263 e. The summed E-state index contributed by atoms with van der Waals surface area (Å²) in [5.41, 5.74) is 0.151. The Morgan fingerprint density at radius 1 is 0.964 bits per heavy atom. The van der Waals surface area contributed by atoms with Crippen LogP contribution in [-0.2, 0) is 14.3 Å². The highest BCUT2D eigenvalue weighted by atomic mass is 16.5. The summed E-state index contributed by atoms with van der Waals surface area (Å²) in [5.74, 6) is -0.264. The fraction of sp³-hybridized carbons (Fsp3) is 0.818. The molecule has 0 unspecified atom stereocenters. The monoisotopic (exact) mass is 393 g/mol. The van der Waals surface area contributed by atoms with Crippen LogP contribution < -0.4 is 5.32 Å². The molecule has 1 aliphatic carbocycles. The van der Waals surface area contributed by atoms with Gasteiger partial charge in [-0.2, -0.15) is 5.26 Å². The van der Waals surface area contributed by atoms with Gasteiger partial charge in [0.25, 0.3) is 5.91 Å². The third-order valence-electron chi connectivity index (χ3n) is 5.28. The highest BCUT2D eigenvalue weighted by molar-refractivity contribution is 5.97. The van der Waals surface area contributed by atoms with Crippen LogP contribution in [0.2, 0.25) is 0 Å². The molecule has 0 aliphatic heterocycles. The average Bonchev–Trinajstić information content (AvgIpc) is 2.69. The molecule has 28 heavy (non-hydrogen) atoms. The molecule has 0 saturated heterocycles. The highest BCUT2D eigenvalue weighted by Gasteiger charge is 2.17. The first-order valence-corrected chi connectivity index (χ1v) is 10.9. The Bertz CT molecular complexity index is 468. The average molecular weight is 394 g/mol. The standard InChI is InChI=1S/C22H39N3O3/c1-27-16-14-25(15-17-28-2)19-20(18-23)22(26)24-21-12-10-8-6-4-3-5-7-9-11-13-21/h19,21H,3-17H2,1-2H3,(H,24,26)/b20-19-. The minimum Gasteiger partial charge on any atom is -0.383 e. The number of rotatable bonds is 9. The lowest BCUT2D eigenvalue weighted by Gasteiger charge is -2.22. The van der Waals surface area contributed by atoms with Gasteiger partial charge in [-0.25, -0.2) is 0 Å². The van der Waals surface area contributed by atoms with E-state index in [2.05, 4.69) is 11.4 Å². The molecule has 6 heteroatoms. The van der Waals surface area contributed by atoms with E-state index in [0.29, 0.717) is 26.3 Å². The molecule has 1 aliphatic rings. The molecule has 1 N–H and O–H groups in total. The first-order valence-electron chi connectivity index (χ1n) is 10.9. The molecule has 0 aromatic rings. The summed E-state index contributed by atoms with van der Waals surface area (Å²) < 4.78 is 10.2. The van der Waals surface area contributed by atoms with E-state index in [9.17, 15) is 10.1 Å². The Morgan fingerprint density at radius 2 is 1.43 bits per heavy atom. The van der Waals surface area contributed by atoms with E-state index in [1.54, 1.807) is 20.4 Å². The highest BCUT2D eigenvalue weighted by Crippen LogP contribution is 2.17. The predicted octanol–water partition coefficient (Wildman–Crippen LogP) is 3.78. The van der Waals surface area contributed by atoms with E-state index < -0.39 is 0 Å². The number of hydrogen-bond acceptors (Lipinski definition) is 5. The number of carbonyl (C=O) groups is 1. The SMILES string of the molecule is COCCN(/C=C(/C#N)C(=O)NC1CCCCCCCCCCC1)CCOC. The van der Waals surface area contributed by atoms with Gasteiger partial charge in [-0.3, -0.25) is 4.79 Å². The largest absolute Gasteiger partial charge is 0.383 e. The van der Waals surface area contributed by atoms with Crippen LogP contribution in [0, 0.1) is 11.3 Å². The quantitative estimate of drug-likeness (QED) is 0.477. The maximum absolute atomic E-state index is 12.7. The van der Waals surface area contributed by atoms with Crippen molar-refractivity contribution in [3.8, 4) is 6.07 Å². The van der Waals surface area contributed by atoms with Crippen molar-refractivity contribution in [1.29, 1.82) is 5.26 Å². The second-order valence-corrected chi connectivity index (χ2v) is 7.61. The van der Waals surface area contributed by atoms with Crippen molar-refractivity contribution in [3.05, 3.63) is 11.8 Å². The van der Waals surface area contributed by atoms with Gasteiger partial charge in [0.15, 0.2) is 0 Å². The van der Waals surface area contributed by atoms with Crippen LogP contribution in [0.15, 0.2) is 11.8 Å². The molecule has 0 aromatic carbocycles. The van der Waals surface area contributed by atoms with Crippen molar-refractivity contribution in [2.75, 3.05) is 40.5 Å². The van der Waals surface area contributed by atoms with Crippen LogP contribution in [0.3, 0.4) is 0 Å². The summed E-state index contributed by atoms with van der Waals surface area (Å²) in [7, 11) is 3.28. The molecular formula is C22H39N3O3. The first-order chi connectivity index (χ1) is 13.7. The Balaban J connectivity index is 2.67. The van der Waals surface area contributed by atoms with Gasteiger partial charge in [-0.15, -0.1) is 0 Å². The summed E-state index contributed by atoms with van der Waals surface area (Å²) in [5, 5.41) is 12.6. The van der Waals surface area contributed by atoms with Crippen LogP contribution in [0.25, 0.3) is 0 Å². The summed E-state index contributed by atoms with van der Waals surface area (Å²) >= 11 is 0. The van der Waals surface area contributed by atoms with E-state index >= 15 is 0 Å². The number of nitrogens with one attached hydrogen (secondary N) is 1. The van der Waals surface area contributed by atoms with E-state index in [1.165, 1.54) is 44.9 Å². The van der Waals surface area contributed by atoms with E-state index in [4.69, 9.17) is 9.47 Å². The number of methoxy groups -OCH3 is 2. The molecule has 0 spiro atoms. The van der Waals surface area contributed by atoms with Crippen molar-refractivity contribution in [1.82, 2.24) is 10.2 Å². The van der Waals surface area contributed by atoms with Crippen molar-refractivity contribution in [2.24, 2.45) is 0 Å². The van der Waals surface area contributed by atoms with Gasteiger partial charge in [0.05, 0.1) is 13.2 Å². The molecule has 0 bridgehead atoms. The summed E-state index contributed by atoms with van der Waals surface area (Å²) in [6.45, 7) is 2.29. The predicted molar refractivity (Wildman–Crippen MR) is 112 cm³/mol. The fourth-order valence-corrected chi connectivity index (χ4v) is 3.55. The molecular weight excluding hydrogens is 354 g/mol. The van der Waals surface area contributed by atoms with Crippen molar-refractivity contribution in [3.63, 3.8) is 0 Å². The number of nitriles is 1. The molecule has 0 radical (unpaired) electrons. The van der Waals surface area contributed by atoms with Gasteiger partial charge in [-0.05, 0) is 12.8 Å². The lowest BCUT2D eigenvalue weighted by Crippen LogP contribution is -2.36. The number of hydrogen-bond donors (Lipinski definition) is 1. The summed E-state index contributed by atoms with van der Waals surface area (Å²) in [6.07, 6.45) is 15.0. The Hall–Kier alpha value is -1.58. The number of carbonyl (C=O) groups excluding carboxylic acids is 1. The van der Waals surface area contributed by atoms with Gasteiger partial charge in [0.1, 0.15) is 11.6 Å². The Morgan fingerprint density at radius 3 is 1.86 bits per heavy atom. The van der Waals surface area contributed by atoms with Crippen molar-refractivity contribution in [2.45, 2.75) is 76.7 Å². The zero-order valence-corrected chi connectivity index (χ0v) is 17.9. The molecule has 1 saturated carbocycles. The third kappa shape index (κ3) is 11.3. The second kappa shape index (κ2) is 16.4. The molecule has 160 valence electrons. The number of amides is 1. The number of nitrogens with zero attached hydrogens (tertiary/aromatic N) is 2.